The van der Waals surface area contributed by atoms with E-state index >= 15 is 0 Å². The number of halogens is 2. The molecule has 0 saturated heterocycles. The molecule has 0 aromatic heterocycles. The van der Waals surface area contributed by atoms with Crippen LogP contribution in [0.4, 0.5) is 0 Å². The molecule has 0 aliphatic carbocycles. The number of hydrogen-bond acceptors (Lipinski definition) is 1. The fourth-order valence-corrected chi connectivity index (χ4v) is 2.02. The van der Waals surface area contributed by atoms with Gasteiger partial charge in [-0.15, -0.1) is 12.3 Å². The Morgan fingerprint density at radius 1 is 1.60 bits per heavy atom. The second-order valence-corrected chi connectivity index (χ2v) is 4.72. The van der Waals surface area contributed by atoms with Gasteiger partial charge in [-0.2, -0.15) is 0 Å². The lowest BCUT2D eigenvalue weighted by atomic mass is 10.2. The van der Waals surface area contributed by atoms with Crippen LogP contribution in [0.2, 0.25) is 5.02 Å². The van der Waals surface area contributed by atoms with Crippen molar-refractivity contribution in [3.63, 3.8) is 0 Å². The predicted octanol–water partition coefficient (Wildman–Crippen LogP) is 3.60. The molecule has 0 fully saturated rings. The summed E-state index contributed by atoms with van der Waals surface area (Å²) in [6.07, 6.45) is 5.97. The van der Waals surface area contributed by atoms with Gasteiger partial charge in [0.1, 0.15) is 0 Å². The van der Waals surface area contributed by atoms with Crippen LogP contribution in [-0.2, 0) is 6.54 Å². The lowest BCUT2D eigenvalue weighted by molar-refractivity contribution is 0.558. The molecule has 0 aliphatic heterocycles. The van der Waals surface area contributed by atoms with Crippen LogP contribution in [0.25, 0.3) is 0 Å². The molecule has 0 spiro atoms. The predicted molar refractivity (Wildman–Crippen MR) is 68.9 cm³/mol. The molecule has 0 amide bonds. The van der Waals surface area contributed by atoms with Crippen molar-refractivity contribution in [3.05, 3.63) is 33.3 Å². The van der Waals surface area contributed by atoms with E-state index in [9.17, 15) is 0 Å². The zero-order valence-electron chi connectivity index (χ0n) is 8.56. The van der Waals surface area contributed by atoms with Crippen LogP contribution >= 0.6 is 27.5 Å². The van der Waals surface area contributed by atoms with Gasteiger partial charge in [-0.05, 0) is 24.6 Å². The fourth-order valence-electron chi connectivity index (χ4n) is 1.20. The minimum absolute atomic E-state index is 0.331. The molecule has 1 atom stereocenters. The van der Waals surface area contributed by atoms with E-state index in [1.54, 1.807) is 0 Å². The minimum Gasteiger partial charge on any atom is -0.309 e. The van der Waals surface area contributed by atoms with Crippen molar-refractivity contribution >= 4 is 27.5 Å². The van der Waals surface area contributed by atoms with Crippen molar-refractivity contribution in [2.45, 2.75) is 25.9 Å². The first-order valence-electron chi connectivity index (χ1n) is 4.74. The van der Waals surface area contributed by atoms with E-state index < -0.39 is 0 Å². The first-order valence-corrected chi connectivity index (χ1v) is 5.91. The fraction of sp³-hybridized carbons (Fsp3) is 0.333. The van der Waals surface area contributed by atoms with Crippen LogP contribution in [0.5, 0.6) is 0 Å². The number of rotatable bonds is 4. The molecule has 0 bridgehead atoms. The van der Waals surface area contributed by atoms with Gasteiger partial charge < -0.3 is 5.32 Å². The number of hydrogen-bond donors (Lipinski definition) is 1. The highest BCUT2D eigenvalue weighted by atomic mass is 79.9. The van der Waals surface area contributed by atoms with Gasteiger partial charge in [0.05, 0.1) is 0 Å². The first kappa shape index (κ1) is 12.6. The van der Waals surface area contributed by atoms with Gasteiger partial charge in [-0.1, -0.05) is 33.6 Å². The highest BCUT2D eigenvalue weighted by molar-refractivity contribution is 9.10. The summed E-state index contributed by atoms with van der Waals surface area (Å²) in [4.78, 5) is 0. The van der Waals surface area contributed by atoms with Gasteiger partial charge in [0.2, 0.25) is 0 Å². The van der Waals surface area contributed by atoms with Crippen LogP contribution < -0.4 is 5.32 Å². The minimum atomic E-state index is 0.331. The lowest BCUT2D eigenvalue weighted by Crippen LogP contribution is -2.24. The van der Waals surface area contributed by atoms with E-state index in [0.717, 1.165) is 22.5 Å². The van der Waals surface area contributed by atoms with Gasteiger partial charge in [0, 0.05) is 28.5 Å². The second kappa shape index (κ2) is 6.17. The second-order valence-electron chi connectivity index (χ2n) is 3.43. The van der Waals surface area contributed by atoms with Crippen LogP contribution in [0.1, 0.15) is 18.9 Å². The Morgan fingerprint density at radius 2 is 2.33 bits per heavy atom. The highest BCUT2D eigenvalue weighted by Crippen LogP contribution is 2.21. The van der Waals surface area contributed by atoms with Crippen molar-refractivity contribution < 1.29 is 0 Å². The number of benzene rings is 1. The van der Waals surface area contributed by atoms with Gasteiger partial charge >= 0.3 is 0 Å². The largest absolute Gasteiger partial charge is 0.309 e. The van der Waals surface area contributed by atoms with Crippen molar-refractivity contribution in [1.82, 2.24) is 5.32 Å². The average Bonchev–Trinajstić information content (AvgIpc) is 2.17. The Hall–Kier alpha value is -0.490. The summed E-state index contributed by atoms with van der Waals surface area (Å²) in [6, 6.07) is 6.11. The maximum absolute atomic E-state index is 5.85. The molecule has 0 heterocycles. The molecular weight excluding hydrogens is 273 g/mol. The summed E-state index contributed by atoms with van der Waals surface area (Å²) in [5, 5.41) is 4.08. The molecule has 1 aromatic carbocycles. The van der Waals surface area contributed by atoms with Gasteiger partial charge in [-0.25, -0.2) is 0 Å². The van der Waals surface area contributed by atoms with E-state index in [4.69, 9.17) is 18.0 Å². The Kier molecular flexibility index (Phi) is 5.17. The van der Waals surface area contributed by atoms with Crippen molar-refractivity contribution in [2.75, 3.05) is 0 Å². The number of terminal acetylenes is 1. The molecule has 1 nitrogen and oxygen atoms in total. The van der Waals surface area contributed by atoms with Gasteiger partial charge in [-0.3, -0.25) is 0 Å². The maximum atomic E-state index is 5.85. The summed E-state index contributed by atoms with van der Waals surface area (Å²) < 4.78 is 1.02. The third-order valence-electron chi connectivity index (χ3n) is 2.08. The van der Waals surface area contributed by atoms with E-state index in [2.05, 4.69) is 34.1 Å². The Bertz CT molecular complexity index is 370. The molecule has 0 aliphatic rings. The smallest absolute Gasteiger partial charge is 0.0417 e. The summed E-state index contributed by atoms with van der Waals surface area (Å²) >= 11 is 9.32. The van der Waals surface area contributed by atoms with E-state index in [0.29, 0.717) is 6.04 Å². The molecule has 0 saturated carbocycles. The Balaban J connectivity index is 2.55. The molecule has 0 radical (unpaired) electrons. The van der Waals surface area contributed by atoms with Crippen molar-refractivity contribution in [1.29, 1.82) is 0 Å². The molecule has 80 valence electrons. The highest BCUT2D eigenvalue weighted by Gasteiger charge is 2.03. The van der Waals surface area contributed by atoms with Gasteiger partial charge in [0.15, 0.2) is 0 Å². The molecule has 1 unspecified atom stereocenters. The van der Waals surface area contributed by atoms with Crippen LogP contribution in [0.3, 0.4) is 0 Å². The van der Waals surface area contributed by atoms with Crippen molar-refractivity contribution in [3.8, 4) is 12.3 Å². The molecule has 1 N–H and O–H groups in total. The summed E-state index contributed by atoms with van der Waals surface area (Å²) in [7, 11) is 0. The third kappa shape index (κ3) is 4.25. The summed E-state index contributed by atoms with van der Waals surface area (Å²) in [5.41, 5.74) is 1.18. The lowest BCUT2D eigenvalue weighted by Gasteiger charge is -2.11. The molecule has 3 heteroatoms. The van der Waals surface area contributed by atoms with Gasteiger partial charge in [0.25, 0.3) is 0 Å². The van der Waals surface area contributed by atoms with Crippen molar-refractivity contribution in [2.24, 2.45) is 0 Å². The number of nitrogens with one attached hydrogen (secondary N) is 1. The maximum Gasteiger partial charge on any atom is 0.0417 e. The molecule has 1 aromatic rings. The van der Waals surface area contributed by atoms with Crippen LogP contribution in [0.15, 0.2) is 22.7 Å². The summed E-state index contributed by atoms with van der Waals surface area (Å²) in [5.74, 6) is 2.63. The standard InChI is InChI=1S/C12H13BrClN/c1-3-4-9(2)15-8-10-5-6-11(14)7-12(10)13/h1,5-7,9,15H,4,8H2,2H3. The van der Waals surface area contributed by atoms with E-state index in [1.165, 1.54) is 5.56 Å². The monoisotopic (exact) mass is 285 g/mol. The topological polar surface area (TPSA) is 12.0 Å². The quantitative estimate of drug-likeness (QED) is 0.834. The van der Waals surface area contributed by atoms with E-state index in [-0.39, 0.29) is 0 Å². The summed E-state index contributed by atoms with van der Waals surface area (Å²) in [6.45, 7) is 2.87. The Morgan fingerprint density at radius 3 is 2.93 bits per heavy atom. The SMILES string of the molecule is C#CCC(C)NCc1ccc(Cl)cc1Br. The molecular formula is C12H13BrClN. The van der Waals surface area contributed by atoms with Crippen LogP contribution in [0, 0.1) is 12.3 Å². The third-order valence-corrected chi connectivity index (χ3v) is 3.05. The molecule has 1 rings (SSSR count). The van der Waals surface area contributed by atoms with Crippen LogP contribution in [-0.4, -0.2) is 6.04 Å². The zero-order valence-corrected chi connectivity index (χ0v) is 10.9. The van der Waals surface area contributed by atoms with E-state index in [1.807, 2.05) is 18.2 Å². The normalized spacial score (nSPS) is 12.1. The molecule has 15 heavy (non-hydrogen) atoms. The first-order chi connectivity index (χ1) is 7.13. The Labute approximate surface area is 104 Å². The average molecular weight is 287 g/mol. The zero-order chi connectivity index (χ0) is 11.3.